The van der Waals surface area contributed by atoms with E-state index >= 15 is 0 Å². The predicted octanol–water partition coefficient (Wildman–Crippen LogP) is 3.29. The molecule has 1 saturated heterocycles. The van der Waals surface area contributed by atoms with Gasteiger partial charge in [0.05, 0.1) is 41.6 Å². The molecule has 5 heterocycles. The quantitative estimate of drug-likeness (QED) is 0.673. The van der Waals surface area contributed by atoms with Crippen LogP contribution < -0.4 is 10.1 Å². The van der Waals surface area contributed by atoms with Crippen LogP contribution in [0.3, 0.4) is 0 Å². The van der Waals surface area contributed by atoms with E-state index in [0.717, 1.165) is 53.9 Å². The van der Waals surface area contributed by atoms with Gasteiger partial charge in [-0.25, -0.2) is 9.67 Å². The van der Waals surface area contributed by atoms with E-state index in [0.29, 0.717) is 18.4 Å². The molecule has 0 aliphatic carbocycles. The molecular weight excluding hydrogens is 370 g/mol. The first kappa shape index (κ1) is 18.4. The van der Waals surface area contributed by atoms with Crippen LogP contribution in [0.1, 0.15) is 50.5 Å². The van der Waals surface area contributed by atoms with E-state index < -0.39 is 0 Å². The van der Waals surface area contributed by atoms with Crippen molar-refractivity contribution in [2.24, 2.45) is 0 Å². The lowest BCUT2D eigenvalue weighted by atomic mass is 10.00. The van der Waals surface area contributed by atoms with Crippen LogP contribution in [0.2, 0.25) is 0 Å². The van der Waals surface area contributed by atoms with Gasteiger partial charge in [0, 0.05) is 19.2 Å². The van der Waals surface area contributed by atoms with E-state index in [1.165, 1.54) is 0 Å². The molecule has 29 heavy (non-hydrogen) atoms. The van der Waals surface area contributed by atoms with Gasteiger partial charge in [-0.05, 0) is 40.5 Å². The highest BCUT2D eigenvalue weighted by Gasteiger charge is 2.30. The highest BCUT2D eigenvalue weighted by atomic mass is 16.5. The van der Waals surface area contributed by atoms with Gasteiger partial charge in [-0.3, -0.25) is 4.68 Å². The molecule has 2 aliphatic heterocycles. The highest BCUT2D eigenvalue weighted by molar-refractivity contribution is 5.79. The van der Waals surface area contributed by atoms with Crippen molar-refractivity contribution in [1.29, 1.82) is 0 Å². The van der Waals surface area contributed by atoms with Crippen molar-refractivity contribution in [3.8, 4) is 5.88 Å². The molecule has 1 unspecified atom stereocenters. The average Bonchev–Trinajstić information content (AvgIpc) is 3.15. The van der Waals surface area contributed by atoms with Gasteiger partial charge in [0.2, 0.25) is 5.95 Å². The molecule has 9 heteroatoms. The van der Waals surface area contributed by atoms with E-state index in [1.807, 2.05) is 17.8 Å². The Morgan fingerprint density at radius 3 is 2.72 bits per heavy atom. The summed E-state index contributed by atoms with van der Waals surface area (Å²) in [5.41, 5.74) is 3.65. The van der Waals surface area contributed by atoms with Crippen LogP contribution in [0, 0.1) is 13.8 Å². The van der Waals surface area contributed by atoms with Crippen LogP contribution >= 0.6 is 0 Å². The van der Waals surface area contributed by atoms with E-state index in [4.69, 9.17) is 19.6 Å². The van der Waals surface area contributed by atoms with E-state index in [2.05, 4.69) is 40.9 Å². The van der Waals surface area contributed by atoms with Crippen LogP contribution in [0.4, 0.5) is 11.6 Å². The number of fused-ring (bicyclic) bond motifs is 2. The summed E-state index contributed by atoms with van der Waals surface area (Å²) < 4.78 is 16.0. The zero-order chi connectivity index (χ0) is 20.1. The molecule has 0 spiro atoms. The molecule has 0 saturated carbocycles. The number of aryl methyl sites for hydroxylation is 2. The maximum Gasteiger partial charge on any atom is 0.257 e. The fraction of sp³-hybridized carbons (Fsp3) is 0.600. The van der Waals surface area contributed by atoms with Crippen molar-refractivity contribution in [2.75, 3.05) is 11.9 Å². The Balaban J connectivity index is 1.55. The standard InChI is InChI=1S/C20H27N7O2/c1-11-8-15(9-12(2)29-11)27-14(4)17-19(25-27)28-7-5-6-26-18-16(13(3)24-26)10-21-20(22-17)23-18/h10-12,15H,5-9H2,1-4H3,(H,21,22,23)/t11-,12+,15?. The van der Waals surface area contributed by atoms with Gasteiger partial charge in [-0.1, -0.05) is 0 Å². The zero-order valence-corrected chi connectivity index (χ0v) is 17.3. The largest absolute Gasteiger partial charge is 0.475 e. The molecule has 3 aromatic heterocycles. The molecule has 0 amide bonds. The lowest BCUT2D eigenvalue weighted by Crippen LogP contribution is -2.31. The number of ether oxygens (including phenoxy) is 2. The Kier molecular flexibility index (Phi) is 4.42. The molecule has 3 atom stereocenters. The van der Waals surface area contributed by atoms with Crippen molar-refractivity contribution in [2.45, 2.75) is 71.8 Å². The number of hydrogen-bond acceptors (Lipinski definition) is 7. The van der Waals surface area contributed by atoms with Gasteiger partial charge < -0.3 is 14.8 Å². The van der Waals surface area contributed by atoms with Gasteiger partial charge >= 0.3 is 0 Å². The zero-order valence-electron chi connectivity index (χ0n) is 17.3. The number of rotatable bonds is 1. The Morgan fingerprint density at radius 2 is 1.93 bits per heavy atom. The number of nitrogens with zero attached hydrogens (tertiary/aromatic N) is 6. The molecule has 2 aliphatic rings. The van der Waals surface area contributed by atoms with Crippen LogP contribution in [0.25, 0.3) is 11.0 Å². The summed E-state index contributed by atoms with van der Waals surface area (Å²) in [6, 6.07) is 0.284. The first-order valence-electron chi connectivity index (χ1n) is 10.3. The van der Waals surface area contributed by atoms with Crippen LogP contribution in [0.15, 0.2) is 6.20 Å². The van der Waals surface area contributed by atoms with Gasteiger partial charge in [-0.15, -0.1) is 5.10 Å². The maximum atomic E-state index is 6.08. The summed E-state index contributed by atoms with van der Waals surface area (Å²) in [7, 11) is 0. The molecule has 1 fully saturated rings. The normalized spacial score (nSPS) is 24.6. The van der Waals surface area contributed by atoms with Crippen molar-refractivity contribution < 1.29 is 9.47 Å². The van der Waals surface area contributed by atoms with E-state index in [1.54, 1.807) is 0 Å². The third-order valence-corrected chi connectivity index (χ3v) is 5.80. The SMILES string of the molecule is Cc1nn2c3nc(ncc13)Nc1c(nn(C3C[C@@H](C)O[C@@H](C)C3)c1C)OCCC2. The molecule has 0 radical (unpaired) electrons. The Bertz CT molecular complexity index is 1050. The summed E-state index contributed by atoms with van der Waals surface area (Å²) in [5.74, 6) is 1.13. The van der Waals surface area contributed by atoms with E-state index in [-0.39, 0.29) is 18.2 Å². The third kappa shape index (κ3) is 3.23. The second kappa shape index (κ2) is 6.98. The number of aromatic nitrogens is 6. The van der Waals surface area contributed by atoms with E-state index in [9.17, 15) is 0 Å². The van der Waals surface area contributed by atoms with Crippen LogP contribution in [0.5, 0.6) is 5.88 Å². The molecule has 154 valence electrons. The summed E-state index contributed by atoms with van der Waals surface area (Å²) >= 11 is 0. The smallest absolute Gasteiger partial charge is 0.257 e. The molecule has 0 aromatic carbocycles. The first-order chi connectivity index (χ1) is 14.0. The number of hydrogen-bond donors (Lipinski definition) is 1. The topological polar surface area (TPSA) is 91.9 Å². The monoisotopic (exact) mass is 397 g/mol. The minimum Gasteiger partial charge on any atom is -0.475 e. The predicted molar refractivity (Wildman–Crippen MR) is 109 cm³/mol. The number of anilines is 2. The third-order valence-electron chi connectivity index (χ3n) is 5.80. The number of nitrogens with one attached hydrogen (secondary N) is 1. The minimum absolute atomic E-state index is 0.216. The summed E-state index contributed by atoms with van der Waals surface area (Å²) in [4.78, 5) is 9.24. The first-order valence-corrected chi connectivity index (χ1v) is 10.3. The molecule has 1 N–H and O–H groups in total. The van der Waals surface area contributed by atoms with Gasteiger partial charge in [0.1, 0.15) is 5.69 Å². The second-order valence-corrected chi connectivity index (χ2v) is 8.16. The van der Waals surface area contributed by atoms with Gasteiger partial charge in [-0.2, -0.15) is 10.1 Å². The van der Waals surface area contributed by atoms with Crippen LogP contribution in [-0.4, -0.2) is 48.3 Å². The fourth-order valence-corrected chi connectivity index (χ4v) is 4.48. The lowest BCUT2D eigenvalue weighted by molar-refractivity contribution is -0.0510. The Morgan fingerprint density at radius 1 is 1.14 bits per heavy atom. The van der Waals surface area contributed by atoms with Crippen LogP contribution in [-0.2, 0) is 11.3 Å². The fourth-order valence-electron chi connectivity index (χ4n) is 4.48. The molecule has 9 nitrogen and oxygen atoms in total. The molecule has 2 bridgehead atoms. The van der Waals surface area contributed by atoms with Crippen molar-refractivity contribution in [3.05, 3.63) is 17.6 Å². The summed E-state index contributed by atoms with van der Waals surface area (Å²) in [6.45, 7) is 9.61. The van der Waals surface area contributed by atoms with Crippen molar-refractivity contribution in [3.63, 3.8) is 0 Å². The van der Waals surface area contributed by atoms with Crippen molar-refractivity contribution >= 4 is 22.7 Å². The summed E-state index contributed by atoms with van der Waals surface area (Å²) in [6.07, 6.45) is 4.97. The molecular formula is C20H27N7O2. The summed E-state index contributed by atoms with van der Waals surface area (Å²) in [5, 5.41) is 13.8. The minimum atomic E-state index is 0.216. The Labute approximate surface area is 169 Å². The van der Waals surface area contributed by atoms with Gasteiger partial charge in [0.15, 0.2) is 5.65 Å². The average molecular weight is 397 g/mol. The lowest BCUT2D eigenvalue weighted by Gasteiger charge is -2.32. The van der Waals surface area contributed by atoms with Gasteiger partial charge in [0.25, 0.3) is 5.88 Å². The molecule has 5 rings (SSSR count). The maximum absolute atomic E-state index is 6.08. The highest BCUT2D eigenvalue weighted by Crippen LogP contribution is 2.36. The second-order valence-electron chi connectivity index (χ2n) is 8.16. The molecule has 3 aromatic rings. The Hall–Kier alpha value is -2.68. The van der Waals surface area contributed by atoms with Crippen molar-refractivity contribution in [1.82, 2.24) is 29.5 Å².